The zero-order valence-electron chi connectivity index (χ0n) is 22.0. The Hall–Kier alpha value is -4.91. The van der Waals surface area contributed by atoms with Crippen molar-refractivity contribution in [2.45, 2.75) is 20.3 Å². The lowest BCUT2D eigenvalue weighted by Crippen LogP contribution is -2.57. The summed E-state index contributed by atoms with van der Waals surface area (Å²) in [5.74, 6) is -0.354. The molecule has 7 nitrogen and oxygen atoms in total. The number of benzene rings is 4. The van der Waals surface area contributed by atoms with Crippen molar-refractivity contribution in [3.05, 3.63) is 102 Å². The minimum atomic E-state index is -0.733. The minimum Gasteiger partial charge on any atom is -0.493 e. The molecule has 0 saturated carbocycles. The number of aryl methyl sites for hydroxylation is 1. The number of hydrogen-bond donors (Lipinski definition) is 0. The van der Waals surface area contributed by atoms with E-state index in [0.717, 1.165) is 32.6 Å². The molecule has 0 bridgehead atoms. The highest BCUT2D eigenvalue weighted by atomic mass is 16.5. The Morgan fingerprint density at radius 2 is 1.51 bits per heavy atom. The molecule has 1 aliphatic rings. The quantitative estimate of drug-likeness (QED) is 0.205. The van der Waals surface area contributed by atoms with Crippen molar-refractivity contribution >= 4 is 46.1 Å². The van der Waals surface area contributed by atoms with Crippen LogP contribution in [0.15, 0.2) is 90.5 Å². The summed E-state index contributed by atoms with van der Waals surface area (Å²) in [6, 6.07) is 24.4. The number of methoxy groups -OCH3 is 1. The first-order valence-corrected chi connectivity index (χ1v) is 12.7. The van der Waals surface area contributed by atoms with Gasteiger partial charge in [-0.05, 0) is 60.7 Å². The maximum absolute atomic E-state index is 13.9. The Morgan fingerprint density at radius 1 is 0.795 bits per heavy atom. The van der Waals surface area contributed by atoms with Crippen LogP contribution < -0.4 is 19.3 Å². The molecule has 1 saturated heterocycles. The summed E-state index contributed by atoms with van der Waals surface area (Å²) >= 11 is 0. The summed E-state index contributed by atoms with van der Waals surface area (Å²) in [5.41, 5.74) is 2.17. The van der Waals surface area contributed by atoms with Crippen LogP contribution in [-0.2, 0) is 9.59 Å². The van der Waals surface area contributed by atoms with Gasteiger partial charge < -0.3 is 9.47 Å². The second-order valence-corrected chi connectivity index (χ2v) is 9.21. The van der Waals surface area contributed by atoms with E-state index in [9.17, 15) is 14.4 Å². The van der Waals surface area contributed by atoms with E-state index in [2.05, 4.69) is 0 Å². The van der Waals surface area contributed by atoms with Crippen LogP contribution in [0.3, 0.4) is 0 Å². The van der Waals surface area contributed by atoms with Gasteiger partial charge in [-0.1, -0.05) is 67.1 Å². The number of ether oxygens (including phenoxy) is 2. The summed E-state index contributed by atoms with van der Waals surface area (Å²) in [4.78, 5) is 43.7. The molecule has 1 heterocycles. The van der Waals surface area contributed by atoms with E-state index in [-0.39, 0.29) is 5.57 Å². The van der Waals surface area contributed by atoms with Gasteiger partial charge in [0.25, 0.3) is 11.8 Å². The van der Waals surface area contributed by atoms with Gasteiger partial charge in [-0.3, -0.25) is 9.59 Å². The molecule has 4 aromatic rings. The predicted octanol–water partition coefficient (Wildman–Crippen LogP) is 6.53. The molecular weight excluding hydrogens is 492 g/mol. The molecule has 0 radical (unpaired) electrons. The molecule has 7 heteroatoms. The predicted molar refractivity (Wildman–Crippen MR) is 152 cm³/mol. The number of fused-ring (bicyclic) bond motifs is 1. The van der Waals surface area contributed by atoms with Crippen molar-refractivity contribution in [3.8, 4) is 11.5 Å². The van der Waals surface area contributed by atoms with Gasteiger partial charge in [-0.15, -0.1) is 0 Å². The van der Waals surface area contributed by atoms with Crippen LogP contribution in [0.5, 0.6) is 11.5 Å². The highest BCUT2D eigenvalue weighted by molar-refractivity contribution is 6.46. The van der Waals surface area contributed by atoms with Crippen molar-refractivity contribution < 1.29 is 23.9 Å². The Bertz CT molecular complexity index is 1600. The highest BCUT2D eigenvalue weighted by Crippen LogP contribution is 2.35. The molecule has 0 aliphatic carbocycles. The van der Waals surface area contributed by atoms with Crippen molar-refractivity contribution in [2.75, 3.05) is 23.5 Å². The number of amides is 4. The standard InChI is InChI=1S/C32H28N2O5/c1-4-18-39-28-17-14-22(20-29(28)38-3)19-26-30(35)33(24-15-12-21(2)13-16-24)32(37)34(31(26)36)27-11-7-9-23-8-5-6-10-25(23)27/h5-17,19-20H,4,18H2,1-3H3/b26-19+. The number of nitrogens with zero attached hydrogens (tertiary/aromatic N) is 2. The number of rotatable bonds is 7. The van der Waals surface area contributed by atoms with E-state index in [0.29, 0.717) is 35.0 Å². The van der Waals surface area contributed by atoms with Crippen molar-refractivity contribution in [1.29, 1.82) is 0 Å². The molecular formula is C32H28N2O5. The van der Waals surface area contributed by atoms with Gasteiger partial charge in [0, 0.05) is 5.39 Å². The molecule has 4 amide bonds. The first kappa shape index (κ1) is 25.7. The molecule has 4 aromatic carbocycles. The zero-order chi connectivity index (χ0) is 27.5. The number of barbiturate groups is 1. The van der Waals surface area contributed by atoms with E-state index < -0.39 is 17.8 Å². The van der Waals surface area contributed by atoms with E-state index in [4.69, 9.17) is 9.47 Å². The average molecular weight is 521 g/mol. The van der Waals surface area contributed by atoms with Gasteiger partial charge in [0.15, 0.2) is 11.5 Å². The Labute approximate surface area is 226 Å². The Balaban J connectivity index is 1.66. The third-order valence-electron chi connectivity index (χ3n) is 6.51. The van der Waals surface area contributed by atoms with Crippen LogP contribution in [0, 0.1) is 6.92 Å². The van der Waals surface area contributed by atoms with Crippen LogP contribution in [0.4, 0.5) is 16.2 Å². The molecule has 0 atom stereocenters. The summed E-state index contributed by atoms with van der Waals surface area (Å²) in [5, 5.41) is 1.59. The van der Waals surface area contributed by atoms with Gasteiger partial charge in [-0.2, -0.15) is 0 Å². The normalized spacial score (nSPS) is 14.8. The lowest BCUT2D eigenvalue weighted by Gasteiger charge is -2.34. The van der Waals surface area contributed by atoms with E-state index >= 15 is 0 Å². The SMILES string of the molecule is CCCOc1ccc(/C=C2\C(=O)N(c3ccc(C)cc3)C(=O)N(c3cccc4ccccc34)C2=O)cc1OC. The molecule has 0 spiro atoms. The van der Waals surface area contributed by atoms with Crippen LogP contribution >= 0.6 is 0 Å². The largest absolute Gasteiger partial charge is 0.493 e. The summed E-state index contributed by atoms with van der Waals surface area (Å²) in [6.45, 7) is 4.46. The molecule has 0 unspecified atom stereocenters. The maximum atomic E-state index is 13.9. The molecule has 0 N–H and O–H groups in total. The molecule has 5 rings (SSSR count). The number of hydrogen-bond acceptors (Lipinski definition) is 5. The van der Waals surface area contributed by atoms with E-state index in [1.165, 1.54) is 13.2 Å². The lowest BCUT2D eigenvalue weighted by molar-refractivity contribution is -0.121. The summed E-state index contributed by atoms with van der Waals surface area (Å²) in [6.07, 6.45) is 2.33. The minimum absolute atomic E-state index is 0.146. The number of carbonyl (C=O) groups excluding carboxylic acids is 3. The van der Waals surface area contributed by atoms with Gasteiger partial charge in [0.1, 0.15) is 5.57 Å². The Morgan fingerprint density at radius 3 is 2.26 bits per heavy atom. The van der Waals surface area contributed by atoms with E-state index in [1.807, 2.05) is 56.3 Å². The highest BCUT2D eigenvalue weighted by Gasteiger charge is 2.44. The zero-order valence-corrected chi connectivity index (χ0v) is 22.0. The fourth-order valence-corrected chi connectivity index (χ4v) is 4.54. The first-order chi connectivity index (χ1) is 18.9. The monoisotopic (exact) mass is 520 g/mol. The van der Waals surface area contributed by atoms with Gasteiger partial charge >= 0.3 is 6.03 Å². The van der Waals surface area contributed by atoms with E-state index in [1.54, 1.807) is 42.5 Å². The van der Waals surface area contributed by atoms with Crippen LogP contribution in [0.2, 0.25) is 0 Å². The second kappa shape index (κ2) is 10.8. The van der Waals surface area contributed by atoms with Crippen LogP contribution in [0.1, 0.15) is 24.5 Å². The smallest absolute Gasteiger partial charge is 0.343 e. The number of urea groups is 1. The summed E-state index contributed by atoms with van der Waals surface area (Å²) < 4.78 is 11.2. The first-order valence-electron chi connectivity index (χ1n) is 12.7. The maximum Gasteiger partial charge on any atom is 0.343 e. The third-order valence-corrected chi connectivity index (χ3v) is 6.51. The fraction of sp³-hybridized carbons (Fsp3) is 0.156. The third kappa shape index (κ3) is 4.86. The summed E-state index contributed by atoms with van der Waals surface area (Å²) in [7, 11) is 1.53. The molecule has 1 aliphatic heterocycles. The molecule has 39 heavy (non-hydrogen) atoms. The molecule has 196 valence electrons. The fourth-order valence-electron chi connectivity index (χ4n) is 4.54. The van der Waals surface area contributed by atoms with Crippen LogP contribution in [0.25, 0.3) is 16.8 Å². The molecule has 0 aromatic heterocycles. The topological polar surface area (TPSA) is 76.2 Å². The molecule has 1 fully saturated rings. The number of carbonyl (C=O) groups is 3. The van der Waals surface area contributed by atoms with Gasteiger partial charge in [-0.25, -0.2) is 14.6 Å². The van der Waals surface area contributed by atoms with Crippen molar-refractivity contribution in [1.82, 2.24) is 0 Å². The lowest BCUT2D eigenvalue weighted by atomic mass is 10.0. The van der Waals surface area contributed by atoms with Crippen molar-refractivity contribution in [3.63, 3.8) is 0 Å². The van der Waals surface area contributed by atoms with Gasteiger partial charge in [0.2, 0.25) is 0 Å². The Kier molecular flexibility index (Phi) is 7.14. The number of imide groups is 2. The average Bonchev–Trinajstić information content (AvgIpc) is 2.95. The second-order valence-electron chi connectivity index (χ2n) is 9.21. The number of anilines is 2. The van der Waals surface area contributed by atoms with Crippen LogP contribution in [-0.4, -0.2) is 31.6 Å². The van der Waals surface area contributed by atoms with Crippen molar-refractivity contribution in [2.24, 2.45) is 0 Å². The van der Waals surface area contributed by atoms with Gasteiger partial charge in [0.05, 0.1) is 25.1 Å².